The van der Waals surface area contributed by atoms with E-state index in [-0.39, 0.29) is 23.5 Å². The highest BCUT2D eigenvalue weighted by atomic mass is 16.4. The van der Waals surface area contributed by atoms with Crippen LogP contribution in [-0.4, -0.2) is 23.0 Å². The molecule has 98 valence electrons. The lowest BCUT2D eigenvalue weighted by atomic mass is 9.87. The molecule has 1 aromatic heterocycles. The topological polar surface area (TPSA) is 79.5 Å². The number of amides is 1. The van der Waals surface area contributed by atoms with Gasteiger partial charge in [-0.3, -0.25) is 4.79 Å². The minimum absolute atomic E-state index is 0.0608. The minimum Gasteiger partial charge on any atom is -0.475 e. The lowest BCUT2D eigenvalue weighted by Gasteiger charge is -2.27. The lowest BCUT2D eigenvalue weighted by molar-refractivity contribution is 0.0659. The summed E-state index contributed by atoms with van der Waals surface area (Å²) >= 11 is 0. The van der Waals surface area contributed by atoms with E-state index >= 15 is 0 Å². The largest absolute Gasteiger partial charge is 0.475 e. The van der Waals surface area contributed by atoms with E-state index in [0.717, 1.165) is 19.3 Å². The molecule has 2 atom stereocenters. The third-order valence-electron chi connectivity index (χ3n) is 3.31. The Balaban J connectivity index is 1.96. The first kappa shape index (κ1) is 12.7. The number of hydrogen-bond donors (Lipinski definition) is 2. The van der Waals surface area contributed by atoms with Crippen molar-refractivity contribution < 1.29 is 19.1 Å². The third kappa shape index (κ3) is 2.91. The van der Waals surface area contributed by atoms with Gasteiger partial charge in [0.1, 0.15) is 0 Å². The zero-order chi connectivity index (χ0) is 13.1. The molecule has 1 aliphatic rings. The van der Waals surface area contributed by atoms with Gasteiger partial charge in [0.05, 0.1) is 0 Å². The van der Waals surface area contributed by atoms with Gasteiger partial charge in [0.15, 0.2) is 5.76 Å². The van der Waals surface area contributed by atoms with Crippen LogP contribution < -0.4 is 5.32 Å². The van der Waals surface area contributed by atoms with E-state index in [9.17, 15) is 9.59 Å². The highest BCUT2D eigenvalue weighted by molar-refractivity contribution is 5.93. The van der Waals surface area contributed by atoms with Crippen molar-refractivity contribution in [3.05, 3.63) is 23.7 Å². The Morgan fingerprint density at radius 3 is 2.67 bits per heavy atom. The van der Waals surface area contributed by atoms with Gasteiger partial charge in [-0.1, -0.05) is 19.8 Å². The van der Waals surface area contributed by atoms with Crippen LogP contribution in [0.3, 0.4) is 0 Å². The number of hydrogen-bond acceptors (Lipinski definition) is 3. The molecule has 2 rings (SSSR count). The molecule has 1 aliphatic carbocycles. The first-order valence-electron chi connectivity index (χ1n) is 6.20. The van der Waals surface area contributed by atoms with Crippen LogP contribution in [0.4, 0.5) is 0 Å². The van der Waals surface area contributed by atoms with Crippen molar-refractivity contribution in [3.63, 3.8) is 0 Å². The summed E-state index contributed by atoms with van der Waals surface area (Å²) in [5.41, 5.74) is 0. The fraction of sp³-hybridized carbons (Fsp3) is 0.538. The van der Waals surface area contributed by atoms with E-state index in [0.29, 0.717) is 5.92 Å². The van der Waals surface area contributed by atoms with Gasteiger partial charge >= 0.3 is 5.97 Å². The van der Waals surface area contributed by atoms with Crippen LogP contribution in [-0.2, 0) is 0 Å². The summed E-state index contributed by atoms with van der Waals surface area (Å²) in [6.07, 6.45) is 4.27. The molecule has 2 unspecified atom stereocenters. The molecule has 0 spiro atoms. The molecule has 5 nitrogen and oxygen atoms in total. The van der Waals surface area contributed by atoms with E-state index in [2.05, 4.69) is 12.2 Å². The minimum atomic E-state index is -1.17. The summed E-state index contributed by atoms with van der Waals surface area (Å²) in [5, 5.41) is 11.6. The molecule has 0 aliphatic heterocycles. The number of nitrogens with one attached hydrogen (secondary N) is 1. The Morgan fingerprint density at radius 1 is 1.33 bits per heavy atom. The second-order valence-electron chi connectivity index (χ2n) is 4.91. The maximum absolute atomic E-state index is 11.9. The van der Waals surface area contributed by atoms with Crippen molar-refractivity contribution in [2.24, 2.45) is 5.92 Å². The SMILES string of the molecule is CC1CCCC(NC(=O)c2ccc(C(=O)O)o2)C1. The van der Waals surface area contributed by atoms with Gasteiger partial charge in [-0.05, 0) is 30.9 Å². The third-order valence-corrected chi connectivity index (χ3v) is 3.31. The van der Waals surface area contributed by atoms with Crippen LogP contribution in [0, 0.1) is 5.92 Å². The number of carbonyl (C=O) groups excluding carboxylic acids is 1. The summed E-state index contributed by atoms with van der Waals surface area (Å²) in [7, 11) is 0. The summed E-state index contributed by atoms with van der Waals surface area (Å²) in [5.74, 6) is -1.03. The summed E-state index contributed by atoms with van der Waals surface area (Å²) in [6, 6.07) is 2.85. The highest BCUT2D eigenvalue weighted by Gasteiger charge is 2.22. The fourth-order valence-corrected chi connectivity index (χ4v) is 2.40. The molecule has 1 heterocycles. The number of aromatic carboxylic acids is 1. The molecule has 0 radical (unpaired) electrons. The second-order valence-corrected chi connectivity index (χ2v) is 4.91. The van der Waals surface area contributed by atoms with E-state index in [1.54, 1.807) is 0 Å². The van der Waals surface area contributed by atoms with E-state index in [4.69, 9.17) is 9.52 Å². The van der Waals surface area contributed by atoms with Gasteiger partial charge in [-0.2, -0.15) is 0 Å². The molecular weight excluding hydrogens is 234 g/mol. The van der Waals surface area contributed by atoms with Crippen LogP contribution in [0.1, 0.15) is 53.7 Å². The van der Waals surface area contributed by atoms with E-state index < -0.39 is 5.97 Å². The van der Waals surface area contributed by atoms with Gasteiger partial charge in [0, 0.05) is 6.04 Å². The molecule has 1 aromatic rings. The van der Waals surface area contributed by atoms with Crippen molar-refractivity contribution in [2.75, 3.05) is 0 Å². The number of carboxylic acid groups (broad SMARTS) is 1. The average molecular weight is 251 g/mol. The van der Waals surface area contributed by atoms with Crippen molar-refractivity contribution >= 4 is 11.9 Å². The zero-order valence-electron chi connectivity index (χ0n) is 10.3. The Morgan fingerprint density at radius 2 is 2.06 bits per heavy atom. The number of carbonyl (C=O) groups is 2. The molecule has 1 fully saturated rings. The van der Waals surface area contributed by atoms with Crippen LogP contribution >= 0.6 is 0 Å². The smallest absolute Gasteiger partial charge is 0.371 e. The molecule has 18 heavy (non-hydrogen) atoms. The standard InChI is InChI=1S/C13H17NO4/c1-8-3-2-4-9(7-8)14-12(15)10-5-6-11(18-10)13(16)17/h5-6,8-9H,2-4,7H2,1H3,(H,14,15)(H,16,17). The molecule has 1 saturated carbocycles. The summed E-state index contributed by atoms with van der Waals surface area (Å²) in [4.78, 5) is 22.5. The van der Waals surface area contributed by atoms with E-state index in [1.807, 2.05) is 0 Å². The Hall–Kier alpha value is -1.78. The normalized spacial score (nSPS) is 23.6. The maximum Gasteiger partial charge on any atom is 0.371 e. The lowest BCUT2D eigenvalue weighted by Crippen LogP contribution is -2.37. The summed E-state index contributed by atoms with van der Waals surface area (Å²) in [6.45, 7) is 2.17. The molecule has 0 bridgehead atoms. The van der Waals surface area contributed by atoms with Gasteiger partial charge in [0.2, 0.25) is 5.76 Å². The molecular formula is C13H17NO4. The molecule has 5 heteroatoms. The van der Waals surface area contributed by atoms with Crippen LogP contribution in [0.5, 0.6) is 0 Å². The molecule has 2 N–H and O–H groups in total. The van der Waals surface area contributed by atoms with Gasteiger partial charge < -0.3 is 14.8 Å². The Bertz CT molecular complexity index is 452. The highest BCUT2D eigenvalue weighted by Crippen LogP contribution is 2.23. The predicted molar refractivity (Wildman–Crippen MR) is 64.6 cm³/mol. The quantitative estimate of drug-likeness (QED) is 0.863. The number of rotatable bonds is 3. The second kappa shape index (κ2) is 5.25. The van der Waals surface area contributed by atoms with Crippen LogP contribution in [0.2, 0.25) is 0 Å². The molecule has 1 amide bonds. The average Bonchev–Trinajstić information content (AvgIpc) is 2.78. The van der Waals surface area contributed by atoms with Crippen molar-refractivity contribution in [3.8, 4) is 0 Å². The number of furan rings is 1. The Labute approximate surface area is 105 Å². The van der Waals surface area contributed by atoms with Crippen molar-refractivity contribution in [1.29, 1.82) is 0 Å². The predicted octanol–water partition coefficient (Wildman–Crippen LogP) is 2.29. The molecule has 0 aromatic carbocycles. The van der Waals surface area contributed by atoms with Gasteiger partial charge in [-0.25, -0.2) is 4.79 Å². The number of carboxylic acids is 1. The van der Waals surface area contributed by atoms with Crippen LogP contribution in [0.15, 0.2) is 16.5 Å². The zero-order valence-corrected chi connectivity index (χ0v) is 10.3. The first-order valence-corrected chi connectivity index (χ1v) is 6.20. The summed E-state index contributed by atoms with van der Waals surface area (Å²) < 4.78 is 4.96. The Kier molecular flexibility index (Phi) is 3.69. The van der Waals surface area contributed by atoms with Crippen molar-refractivity contribution in [2.45, 2.75) is 38.6 Å². The van der Waals surface area contributed by atoms with Crippen molar-refractivity contribution in [1.82, 2.24) is 5.32 Å². The first-order chi connectivity index (χ1) is 8.56. The van der Waals surface area contributed by atoms with Gasteiger partial charge in [0.25, 0.3) is 5.91 Å². The van der Waals surface area contributed by atoms with E-state index in [1.165, 1.54) is 18.6 Å². The van der Waals surface area contributed by atoms with Gasteiger partial charge in [-0.15, -0.1) is 0 Å². The maximum atomic E-state index is 11.9. The van der Waals surface area contributed by atoms with Crippen LogP contribution in [0.25, 0.3) is 0 Å². The fourth-order valence-electron chi connectivity index (χ4n) is 2.40. The molecule has 0 saturated heterocycles. The monoisotopic (exact) mass is 251 g/mol.